The summed E-state index contributed by atoms with van der Waals surface area (Å²) in [4.78, 5) is 16.0. The Morgan fingerprint density at radius 3 is 3.16 bits per heavy atom. The van der Waals surface area contributed by atoms with Crippen molar-refractivity contribution in [1.29, 1.82) is 0 Å². The molecule has 1 aromatic heterocycles. The highest BCUT2D eigenvalue weighted by Crippen LogP contribution is 2.15. The number of hydrogen-bond donors (Lipinski definition) is 2. The summed E-state index contributed by atoms with van der Waals surface area (Å²) in [5.74, 6) is 0.431. The fourth-order valence-electron chi connectivity index (χ4n) is 2.56. The number of amides is 1. The number of rotatable bonds is 6. The van der Waals surface area contributed by atoms with Crippen LogP contribution < -0.4 is 10.6 Å². The predicted octanol–water partition coefficient (Wildman–Crippen LogP) is 1.17. The van der Waals surface area contributed by atoms with E-state index in [9.17, 15) is 4.79 Å². The second-order valence-corrected chi connectivity index (χ2v) is 5.38. The Labute approximate surface area is 114 Å². The first-order valence-electron chi connectivity index (χ1n) is 7.22. The summed E-state index contributed by atoms with van der Waals surface area (Å²) in [7, 11) is 0. The summed E-state index contributed by atoms with van der Waals surface area (Å²) in [6.07, 6.45) is 9.60. The van der Waals surface area contributed by atoms with Crippen LogP contribution in [0.25, 0.3) is 0 Å². The molecule has 0 saturated carbocycles. The van der Waals surface area contributed by atoms with Gasteiger partial charge in [-0.2, -0.15) is 0 Å². The van der Waals surface area contributed by atoms with E-state index in [2.05, 4.69) is 27.1 Å². The quantitative estimate of drug-likeness (QED) is 0.758. The van der Waals surface area contributed by atoms with Gasteiger partial charge in [0, 0.05) is 37.4 Å². The van der Waals surface area contributed by atoms with Gasteiger partial charge in [0.05, 0.1) is 6.33 Å². The molecule has 2 N–H and O–H groups in total. The SMILES string of the molecule is CC1CC(C(=O)NCCCCn2ccnc2)CCN1. The van der Waals surface area contributed by atoms with Crippen LogP contribution in [-0.4, -0.2) is 34.6 Å². The third-order valence-corrected chi connectivity index (χ3v) is 3.70. The first kappa shape index (κ1) is 14.1. The molecule has 1 aromatic rings. The van der Waals surface area contributed by atoms with Crippen LogP contribution in [0, 0.1) is 5.92 Å². The molecule has 1 fully saturated rings. The number of hydrogen-bond acceptors (Lipinski definition) is 3. The van der Waals surface area contributed by atoms with Gasteiger partial charge in [-0.1, -0.05) is 0 Å². The van der Waals surface area contributed by atoms with Gasteiger partial charge in [-0.3, -0.25) is 4.79 Å². The third-order valence-electron chi connectivity index (χ3n) is 3.70. The van der Waals surface area contributed by atoms with E-state index in [0.29, 0.717) is 6.04 Å². The average molecular weight is 264 g/mol. The molecule has 1 aliphatic rings. The minimum absolute atomic E-state index is 0.199. The van der Waals surface area contributed by atoms with Crippen molar-refractivity contribution in [2.24, 2.45) is 5.92 Å². The molecule has 5 nitrogen and oxygen atoms in total. The largest absolute Gasteiger partial charge is 0.356 e. The molecule has 1 aliphatic heterocycles. The van der Waals surface area contributed by atoms with Crippen molar-refractivity contribution < 1.29 is 4.79 Å². The summed E-state index contributed by atoms with van der Waals surface area (Å²) in [6, 6.07) is 0.464. The zero-order chi connectivity index (χ0) is 13.5. The van der Waals surface area contributed by atoms with Gasteiger partial charge < -0.3 is 15.2 Å². The van der Waals surface area contributed by atoms with Crippen molar-refractivity contribution in [2.45, 2.75) is 45.2 Å². The highest BCUT2D eigenvalue weighted by Gasteiger charge is 2.23. The topological polar surface area (TPSA) is 59.0 Å². The lowest BCUT2D eigenvalue weighted by molar-refractivity contribution is -0.126. The van der Waals surface area contributed by atoms with Crippen LogP contribution in [0.2, 0.25) is 0 Å². The van der Waals surface area contributed by atoms with E-state index >= 15 is 0 Å². The zero-order valence-corrected chi connectivity index (χ0v) is 11.6. The lowest BCUT2D eigenvalue weighted by Crippen LogP contribution is -2.42. The van der Waals surface area contributed by atoms with Crippen LogP contribution in [0.5, 0.6) is 0 Å². The first-order valence-corrected chi connectivity index (χ1v) is 7.22. The second-order valence-electron chi connectivity index (χ2n) is 5.38. The van der Waals surface area contributed by atoms with Gasteiger partial charge in [0.15, 0.2) is 0 Å². The van der Waals surface area contributed by atoms with Gasteiger partial charge in [0.25, 0.3) is 0 Å². The molecule has 2 unspecified atom stereocenters. The van der Waals surface area contributed by atoms with Crippen LogP contribution >= 0.6 is 0 Å². The highest BCUT2D eigenvalue weighted by atomic mass is 16.1. The molecular weight excluding hydrogens is 240 g/mol. The fraction of sp³-hybridized carbons (Fsp3) is 0.714. The molecule has 2 atom stereocenters. The van der Waals surface area contributed by atoms with E-state index in [-0.39, 0.29) is 11.8 Å². The standard InChI is InChI=1S/C14H24N4O/c1-12-10-13(4-6-16-12)14(19)17-5-2-3-8-18-9-7-15-11-18/h7,9,11-13,16H,2-6,8,10H2,1H3,(H,17,19). The molecular formula is C14H24N4O. The van der Waals surface area contributed by atoms with Crippen molar-refractivity contribution in [1.82, 2.24) is 20.2 Å². The highest BCUT2D eigenvalue weighted by molar-refractivity contribution is 5.78. The van der Waals surface area contributed by atoms with Gasteiger partial charge in [0.1, 0.15) is 0 Å². The van der Waals surface area contributed by atoms with Gasteiger partial charge in [-0.25, -0.2) is 4.98 Å². The van der Waals surface area contributed by atoms with Crippen LogP contribution in [-0.2, 0) is 11.3 Å². The Bertz CT molecular complexity index is 377. The smallest absolute Gasteiger partial charge is 0.223 e. The van der Waals surface area contributed by atoms with E-state index in [4.69, 9.17) is 0 Å². The van der Waals surface area contributed by atoms with Gasteiger partial charge >= 0.3 is 0 Å². The Balaban J connectivity index is 1.56. The summed E-state index contributed by atoms with van der Waals surface area (Å²) in [5.41, 5.74) is 0. The number of aryl methyl sites for hydroxylation is 1. The Kier molecular flexibility index (Phi) is 5.39. The minimum Gasteiger partial charge on any atom is -0.356 e. The number of carbonyl (C=O) groups is 1. The number of nitrogens with zero attached hydrogens (tertiary/aromatic N) is 2. The van der Waals surface area contributed by atoms with E-state index < -0.39 is 0 Å². The molecule has 0 aromatic carbocycles. The third kappa shape index (κ3) is 4.67. The first-order chi connectivity index (χ1) is 9.25. The molecule has 0 bridgehead atoms. The summed E-state index contributed by atoms with van der Waals surface area (Å²) in [5, 5.41) is 6.43. The minimum atomic E-state index is 0.199. The van der Waals surface area contributed by atoms with Crippen molar-refractivity contribution in [3.63, 3.8) is 0 Å². The van der Waals surface area contributed by atoms with Crippen LogP contribution in [0.3, 0.4) is 0 Å². The normalized spacial score (nSPS) is 23.2. The Morgan fingerprint density at radius 1 is 1.53 bits per heavy atom. The van der Waals surface area contributed by atoms with Crippen LogP contribution in [0.1, 0.15) is 32.6 Å². The fourth-order valence-corrected chi connectivity index (χ4v) is 2.56. The number of unbranched alkanes of at least 4 members (excludes halogenated alkanes) is 1. The van der Waals surface area contributed by atoms with Gasteiger partial charge in [0.2, 0.25) is 5.91 Å². The van der Waals surface area contributed by atoms with E-state index in [1.807, 2.05) is 12.5 Å². The Morgan fingerprint density at radius 2 is 2.42 bits per heavy atom. The molecule has 19 heavy (non-hydrogen) atoms. The average Bonchev–Trinajstić information content (AvgIpc) is 2.91. The Hall–Kier alpha value is -1.36. The van der Waals surface area contributed by atoms with E-state index in [0.717, 1.165) is 45.3 Å². The monoisotopic (exact) mass is 264 g/mol. The van der Waals surface area contributed by atoms with Gasteiger partial charge in [-0.05, 0) is 39.2 Å². The number of carbonyl (C=O) groups excluding carboxylic acids is 1. The van der Waals surface area contributed by atoms with E-state index in [1.54, 1.807) is 6.20 Å². The summed E-state index contributed by atoms with van der Waals surface area (Å²) < 4.78 is 2.07. The van der Waals surface area contributed by atoms with Crippen molar-refractivity contribution in [2.75, 3.05) is 13.1 Å². The van der Waals surface area contributed by atoms with E-state index in [1.165, 1.54) is 0 Å². The molecule has 2 heterocycles. The van der Waals surface area contributed by atoms with Crippen molar-refractivity contribution in [3.8, 4) is 0 Å². The van der Waals surface area contributed by atoms with Crippen molar-refractivity contribution >= 4 is 5.91 Å². The maximum atomic E-state index is 12.0. The molecule has 1 amide bonds. The molecule has 2 rings (SSSR count). The van der Waals surface area contributed by atoms with Gasteiger partial charge in [-0.15, -0.1) is 0 Å². The van der Waals surface area contributed by atoms with Crippen LogP contribution in [0.4, 0.5) is 0 Å². The molecule has 1 saturated heterocycles. The second kappa shape index (κ2) is 7.28. The number of piperidine rings is 1. The lowest BCUT2D eigenvalue weighted by atomic mass is 9.92. The molecule has 106 valence electrons. The maximum absolute atomic E-state index is 12.0. The predicted molar refractivity (Wildman–Crippen MR) is 74.7 cm³/mol. The maximum Gasteiger partial charge on any atom is 0.223 e. The number of aromatic nitrogens is 2. The molecule has 0 aliphatic carbocycles. The molecule has 0 radical (unpaired) electrons. The molecule has 5 heteroatoms. The number of imidazole rings is 1. The summed E-state index contributed by atoms with van der Waals surface area (Å²) >= 11 is 0. The molecule has 0 spiro atoms. The zero-order valence-electron chi connectivity index (χ0n) is 11.6. The van der Waals surface area contributed by atoms with Crippen LogP contribution in [0.15, 0.2) is 18.7 Å². The van der Waals surface area contributed by atoms with Crippen molar-refractivity contribution in [3.05, 3.63) is 18.7 Å². The number of nitrogens with one attached hydrogen (secondary N) is 2. The lowest BCUT2D eigenvalue weighted by Gasteiger charge is -2.27. The summed E-state index contributed by atoms with van der Waals surface area (Å²) in [6.45, 7) is 4.86.